The molecule has 96 valence electrons. The lowest BCUT2D eigenvalue weighted by atomic mass is 10.2. The summed E-state index contributed by atoms with van der Waals surface area (Å²) in [7, 11) is 0. The van der Waals surface area contributed by atoms with Crippen LogP contribution in [0, 0.1) is 11.8 Å². The summed E-state index contributed by atoms with van der Waals surface area (Å²) in [6.45, 7) is 6.62. The van der Waals surface area contributed by atoms with Gasteiger partial charge in [0.25, 0.3) is 0 Å². The molecule has 1 aromatic rings. The van der Waals surface area contributed by atoms with Crippen LogP contribution in [0.1, 0.15) is 12.0 Å². The molecule has 1 nitrogen and oxygen atoms in total. The summed E-state index contributed by atoms with van der Waals surface area (Å²) < 4.78 is 0. The van der Waals surface area contributed by atoms with E-state index in [1.807, 2.05) is 48.2 Å². The van der Waals surface area contributed by atoms with Crippen molar-refractivity contribution in [3.8, 4) is 11.8 Å². The fraction of sp³-hybridized carbons (Fsp3) is 0.375. The third kappa shape index (κ3) is 6.54. The van der Waals surface area contributed by atoms with Crippen LogP contribution in [-0.4, -0.2) is 36.5 Å². The van der Waals surface area contributed by atoms with Gasteiger partial charge < -0.3 is 0 Å². The Kier molecular flexibility index (Phi) is 8.12. The smallest absolute Gasteiger partial charge is 0.0608 e. The predicted octanol–water partition coefficient (Wildman–Crippen LogP) is 3.28. The molecule has 0 aliphatic rings. The Morgan fingerprint density at radius 1 is 1.33 bits per heavy atom. The molecule has 18 heavy (non-hydrogen) atoms. The average molecular weight is 259 g/mol. The predicted molar refractivity (Wildman–Crippen MR) is 83.0 cm³/mol. The number of rotatable bonds is 7. The lowest BCUT2D eigenvalue weighted by Crippen LogP contribution is -2.25. The molecule has 0 atom stereocenters. The van der Waals surface area contributed by atoms with Crippen LogP contribution in [-0.2, 0) is 0 Å². The van der Waals surface area contributed by atoms with E-state index in [2.05, 4.69) is 29.6 Å². The second-order valence-corrected chi connectivity index (χ2v) is 5.02. The summed E-state index contributed by atoms with van der Waals surface area (Å²) in [6.07, 6.45) is 5.30. The molecule has 0 fully saturated rings. The van der Waals surface area contributed by atoms with Crippen LogP contribution in [0.15, 0.2) is 43.0 Å². The van der Waals surface area contributed by atoms with Gasteiger partial charge >= 0.3 is 0 Å². The lowest BCUT2D eigenvalue weighted by molar-refractivity contribution is 0.342. The van der Waals surface area contributed by atoms with Gasteiger partial charge in [-0.1, -0.05) is 36.1 Å². The van der Waals surface area contributed by atoms with Crippen LogP contribution in [0.2, 0.25) is 0 Å². The van der Waals surface area contributed by atoms with Crippen molar-refractivity contribution in [2.45, 2.75) is 6.42 Å². The van der Waals surface area contributed by atoms with Gasteiger partial charge in [0.2, 0.25) is 0 Å². The number of thioether (sulfide) groups is 1. The van der Waals surface area contributed by atoms with Crippen molar-refractivity contribution in [1.82, 2.24) is 4.90 Å². The highest BCUT2D eigenvalue weighted by Crippen LogP contribution is 1.99. The zero-order chi connectivity index (χ0) is 13.1. The molecule has 2 heteroatoms. The Morgan fingerprint density at radius 2 is 2.11 bits per heavy atom. The van der Waals surface area contributed by atoms with E-state index in [0.29, 0.717) is 0 Å². The molecule has 0 saturated heterocycles. The van der Waals surface area contributed by atoms with Crippen LogP contribution >= 0.6 is 11.8 Å². The van der Waals surface area contributed by atoms with E-state index in [4.69, 9.17) is 0 Å². The van der Waals surface area contributed by atoms with Crippen molar-refractivity contribution >= 4 is 11.8 Å². The summed E-state index contributed by atoms with van der Waals surface area (Å²) in [4.78, 5) is 2.33. The zero-order valence-electron chi connectivity index (χ0n) is 11.1. The molecule has 0 amide bonds. The monoisotopic (exact) mass is 259 g/mol. The van der Waals surface area contributed by atoms with Gasteiger partial charge in [0, 0.05) is 18.7 Å². The van der Waals surface area contributed by atoms with Gasteiger partial charge in [-0.2, -0.15) is 11.8 Å². The van der Waals surface area contributed by atoms with Gasteiger partial charge in [0.05, 0.1) is 6.54 Å². The van der Waals surface area contributed by atoms with E-state index in [9.17, 15) is 0 Å². The van der Waals surface area contributed by atoms with Crippen molar-refractivity contribution in [2.75, 3.05) is 31.6 Å². The fourth-order valence-electron chi connectivity index (χ4n) is 1.62. The van der Waals surface area contributed by atoms with Crippen LogP contribution in [0.3, 0.4) is 0 Å². The van der Waals surface area contributed by atoms with E-state index >= 15 is 0 Å². The van der Waals surface area contributed by atoms with Gasteiger partial charge in [0.15, 0.2) is 0 Å². The Balaban J connectivity index is 2.41. The maximum atomic E-state index is 3.80. The summed E-state index contributed by atoms with van der Waals surface area (Å²) in [6, 6.07) is 10.1. The third-order valence-electron chi connectivity index (χ3n) is 2.52. The molecule has 1 rings (SSSR count). The molecule has 0 unspecified atom stereocenters. The maximum Gasteiger partial charge on any atom is 0.0608 e. The highest BCUT2D eigenvalue weighted by molar-refractivity contribution is 7.98. The van der Waals surface area contributed by atoms with Gasteiger partial charge in [-0.3, -0.25) is 4.90 Å². The first-order valence-electron chi connectivity index (χ1n) is 6.23. The zero-order valence-corrected chi connectivity index (χ0v) is 11.9. The van der Waals surface area contributed by atoms with Crippen LogP contribution in [0.25, 0.3) is 0 Å². The number of nitrogens with zero attached hydrogens (tertiary/aromatic N) is 1. The molecule has 0 aliphatic heterocycles. The van der Waals surface area contributed by atoms with E-state index in [0.717, 1.165) is 25.2 Å². The third-order valence-corrected chi connectivity index (χ3v) is 3.22. The van der Waals surface area contributed by atoms with E-state index in [1.165, 1.54) is 12.2 Å². The van der Waals surface area contributed by atoms with Gasteiger partial charge in [-0.25, -0.2) is 0 Å². The summed E-state index contributed by atoms with van der Waals surface area (Å²) in [5, 5.41) is 0. The minimum absolute atomic E-state index is 0.815. The molecule has 0 spiro atoms. The molecular weight excluding hydrogens is 238 g/mol. The molecule has 0 bridgehead atoms. The molecule has 0 N–H and O–H groups in total. The van der Waals surface area contributed by atoms with Gasteiger partial charge in [-0.05, 0) is 30.6 Å². The SMILES string of the molecule is C=CCN(CC#Cc1ccccc1)CCCSC. The minimum Gasteiger partial charge on any atom is -0.289 e. The first-order valence-corrected chi connectivity index (χ1v) is 7.62. The second-order valence-electron chi connectivity index (χ2n) is 4.04. The van der Waals surface area contributed by atoms with Crippen molar-refractivity contribution < 1.29 is 0 Å². The molecule has 0 heterocycles. The van der Waals surface area contributed by atoms with Crippen molar-refractivity contribution in [1.29, 1.82) is 0 Å². The normalized spacial score (nSPS) is 9.89. The summed E-state index contributed by atoms with van der Waals surface area (Å²) in [5.74, 6) is 7.64. The Labute approximate surface area is 115 Å². The van der Waals surface area contributed by atoms with Crippen LogP contribution in [0.4, 0.5) is 0 Å². The first-order chi connectivity index (χ1) is 8.86. The Bertz CT molecular complexity index is 389. The first kappa shape index (κ1) is 14.9. The summed E-state index contributed by atoms with van der Waals surface area (Å²) >= 11 is 1.89. The molecule has 0 radical (unpaired) electrons. The highest BCUT2D eigenvalue weighted by Gasteiger charge is 1.99. The molecule has 0 aromatic heterocycles. The van der Waals surface area contributed by atoms with Crippen molar-refractivity contribution in [3.63, 3.8) is 0 Å². The topological polar surface area (TPSA) is 3.24 Å². The maximum absolute atomic E-state index is 3.80. The Hall–Kier alpha value is -1.17. The number of hydrogen-bond donors (Lipinski definition) is 0. The minimum atomic E-state index is 0.815. The van der Waals surface area contributed by atoms with E-state index in [-0.39, 0.29) is 0 Å². The number of hydrogen-bond acceptors (Lipinski definition) is 2. The number of benzene rings is 1. The molecule has 1 aromatic carbocycles. The van der Waals surface area contributed by atoms with E-state index < -0.39 is 0 Å². The van der Waals surface area contributed by atoms with Gasteiger partial charge in [-0.15, -0.1) is 6.58 Å². The van der Waals surface area contributed by atoms with E-state index in [1.54, 1.807) is 0 Å². The molecule has 0 saturated carbocycles. The van der Waals surface area contributed by atoms with Crippen LogP contribution < -0.4 is 0 Å². The molecule has 0 aliphatic carbocycles. The average Bonchev–Trinajstić information content (AvgIpc) is 2.40. The van der Waals surface area contributed by atoms with Crippen LogP contribution in [0.5, 0.6) is 0 Å². The standard InChI is InChI=1S/C16H21NS/c1-3-12-17(14-8-15-18-2)13-7-11-16-9-5-4-6-10-16/h3-6,9-10H,1,8,12-15H2,2H3. The summed E-state index contributed by atoms with van der Waals surface area (Å²) in [5.41, 5.74) is 1.08. The lowest BCUT2D eigenvalue weighted by Gasteiger charge is -2.16. The Morgan fingerprint density at radius 3 is 2.78 bits per heavy atom. The molecular formula is C16H21NS. The quantitative estimate of drug-likeness (QED) is 0.420. The van der Waals surface area contributed by atoms with Gasteiger partial charge in [0.1, 0.15) is 0 Å². The highest BCUT2D eigenvalue weighted by atomic mass is 32.2. The second kappa shape index (κ2) is 9.82. The van der Waals surface area contributed by atoms with Crippen molar-refractivity contribution in [2.24, 2.45) is 0 Å². The largest absolute Gasteiger partial charge is 0.289 e. The fourth-order valence-corrected chi connectivity index (χ4v) is 2.04. The van der Waals surface area contributed by atoms with Crippen molar-refractivity contribution in [3.05, 3.63) is 48.6 Å².